The Hall–Kier alpha value is -1.59. The molecule has 5 heteroatoms. The summed E-state index contributed by atoms with van der Waals surface area (Å²) in [5, 5.41) is 10.3. The maximum Gasteiger partial charge on any atom is 0.410 e. The van der Waals surface area contributed by atoms with Gasteiger partial charge in [-0.2, -0.15) is 0 Å². The van der Waals surface area contributed by atoms with Crippen molar-refractivity contribution in [3.05, 3.63) is 35.9 Å². The lowest BCUT2D eigenvalue weighted by Gasteiger charge is -2.40. The summed E-state index contributed by atoms with van der Waals surface area (Å²) in [6.07, 6.45) is -0.760. The first kappa shape index (κ1) is 17.8. The van der Waals surface area contributed by atoms with Crippen molar-refractivity contribution in [3.63, 3.8) is 0 Å². The standard InChI is InChI=1S/C18H28N2O3/c1-14-12-19(13-16(21)15-8-6-5-7-9-15)10-11-20(14)17(22)23-18(2,3)4/h5-9,14,16,21H,10-13H2,1-4H3. The van der Waals surface area contributed by atoms with E-state index in [9.17, 15) is 9.90 Å². The highest BCUT2D eigenvalue weighted by molar-refractivity contribution is 5.68. The third kappa shape index (κ3) is 5.22. The van der Waals surface area contributed by atoms with E-state index in [1.54, 1.807) is 4.90 Å². The van der Waals surface area contributed by atoms with Crippen molar-refractivity contribution in [2.45, 2.75) is 45.4 Å². The number of aliphatic hydroxyl groups is 1. The first-order chi connectivity index (χ1) is 10.8. The van der Waals surface area contributed by atoms with E-state index in [4.69, 9.17) is 4.74 Å². The Morgan fingerprint density at radius 2 is 1.96 bits per heavy atom. The van der Waals surface area contributed by atoms with Gasteiger partial charge >= 0.3 is 6.09 Å². The lowest BCUT2D eigenvalue weighted by Crippen LogP contribution is -2.55. The summed E-state index contributed by atoms with van der Waals surface area (Å²) in [7, 11) is 0. The van der Waals surface area contributed by atoms with Gasteiger partial charge in [0.15, 0.2) is 0 Å². The Bertz CT molecular complexity index is 513. The van der Waals surface area contributed by atoms with Gasteiger partial charge in [0.05, 0.1) is 6.10 Å². The maximum absolute atomic E-state index is 12.2. The van der Waals surface area contributed by atoms with Gasteiger partial charge in [-0.1, -0.05) is 30.3 Å². The van der Waals surface area contributed by atoms with Gasteiger partial charge in [-0.15, -0.1) is 0 Å². The molecule has 1 aliphatic rings. The number of piperazine rings is 1. The van der Waals surface area contributed by atoms with Crippen LogP contribution in [0.25, 0.3) is 0 Å². The third-order valence-corrected chi connectivity index (χ3v) is 3.96. The summed E-state index contributed by atoms with van der Waals surface area (Å²) < 4.78 is 5.45. The smallest absolute Gasteiger partial charge is 0.410 e. The molecule has 23 heavy (non-hydrogen) atoms. The Kier molecular flexibility index (Phi) is 5.65. The number of hydrogen-bond acceptors (Lipinski definition) is 4. The Morgan fingerprint density at radius 1 is 1.30 bits per heavy atom. The van der Waals surface area contributed by atoms with E-state index in [1.165, 1.54) is 0 Å². The molecule has 0 saturated carbocycles. The molecule has 1 aromatic rings. The normalized spacial score (nSPS) is 21.1. The van der Waals surface area contributed by atoms with Gasteiger partial charge in [-0.05, 0) is 33.3 Å². The molecule has 1 fully saturated rings. The van der Waals surface area contributed by atoms with Gasteiger partial charge in [0.1, 0.15) is 5.60 Å². The van der Waals surface area contributed by atoms with Crippen molar-refractivity contribution in [2.75, 3.05) is 26.2 Å². The van der Waals surface area contributed by atoms with Crippen molar-refractivity contribution in [1.82, 2.24) is 9.80 Å². The fraction of sp³-hybridized carbons (Fsp3) is 0.611. The SMILES string of the molecule is CC1CN(CC(O)c2ccccc2)CCN1C(=O)OC(C)(C)C. The molecule has 0 aliphatic carbocycles. The number of β-amino-alcohol motifs (C(OH)–C–C–N with tert-alkyl or cyclic N) is 1. The number of carbonyl (C=O) groups is 1. The molecule has 128 valence electrons. The van der Waals surface area contributed by atoms with Crippen LogP contribution < -0.4 is 0 Å². The second-order valence-corrected chi connectivity index (χ2v) is 7.21. The zero-order valence-electron chi connectivity index (χ0n) is 14.5. The van der Waals surface area contributed by atoms with E-state index in [1.807, 2.05) is 58.0 Å². The number of aliphatic hydroxyl groups excluding tert-OH is 1. The van der Waals surface area contributed by atoms with Crippen LogP contribution in [0.5, 0.6) is 0 Å². The third-order valence-electron chi connectivity index (χ3n) is 3.96. The summed E-state index contributed by atoms with van der Waals surface area (Å²) in [6.45, 7) is 10.3. The first-order valence-corrected chi connectivity index (χ1v) is 8.21. The van der Waals surface area contributed by atoms with Crippen LogP contribution in [0.15, 0.2) is 30.3 Å². The van der Waals surface area contributed by atoms with Crippen LogP contribution >= 0.6 is 0 Å². The maximum atomic E-state index is 12.2. The van der Waals surface area contributed by atoms with Crippen LogP contribution in [0, 0.1) is 0 Å². The summed E-state index contributed by atoms with van der Waals surface area (Å²) in [6, 6.07) is 9.75. The van der Waals surface area contributed by atoms with E-state index in [0.717, 1.165) is 18.7 Å². The fourth-order valence-corrected chi connectivity index (χ4v) is 2.82. The Labute approximate surface area is 138 Å². The summed E-state index contributed by atoms with van der Waals surface area (Å²) in [5.41, 5.74) is 0.451. The van der Waals surface area contributed by atoms with Gasteiger partial charge in [0.25, 0.3) is 0 Å². The highest BCUT2D eigenvalue weighted by Crippen LogP contribution is 2.19. The predicted molar refractivity (Wildman–Crippen MR) is 90.2 cm³/mol. The molecule has 2 atom stereocenters. The van der Waals surface area contributed by atoms with E-state index in [2.05, 4.69) is 4.90 Å². The van der Waals surface area contributed by atoms with Crippen molar-refractivity contribution in [1.29, 1.82) is 0 Å². The van der Waals surface area contributed by atoms with Crippen molar-refractivity contribution in [3.8, 4) is 0 Å². The zero-order chi connectivity index (χ0) is 17.0. The minimum atomic E-state index is -0.503. The largest absolute Gasteiger partial charge is 0.444 e. The van der Waals surface area contributed by atoms with Crippen LogP contribution in [-0.2, 0) is 4.74 Å². The molecule has 0 spiro atoms. The number of hydrogen-bond donors (Lipinski definition) is 1. The number of rotatable bonds is 3. The van der Waals surface area contributed by atoms with E-state index >= 15 is 0 Å². The van der Waals surface area contributed by atoms with E-state index in [0.29, 0.717) is 13.1 Å². The van der Waals surface area contributed by atoms with Crippen molar-refractivity contribution in [2.24, 2.45) is 0 Å². The Morgan fingerprint density at radius 3 is 2.52 bits per heavy atom. The number of carbonyl (C=O) groups excluding carboxylic acids is 1. The van der Waals surface area contributed by atoms with Crippen LogP contribution in [0.1, 0.15) is 39.4 Å². The highest BCUT2D eigenvalue weighted by Gasteiger charge is 2.31. The Balaban J connectivity index is 1.87. The fourth-order valence-electron chi connectivity index (χ4n) is 2.82. The molecule has 2 rings (SSSR count). The van der Waals surface area contributed by atoms with Gasteiger partial charge in [0, 0.05) is 32.2 Å². The lowest BCUT2D eigenvalue weighted by atomic mass is 10.1. The van der Waals surface area contributed by atoms with Crippen molar-refractivity contribution < 1.29 is 14.6 Å². The molecule has 0 bridgehead atoms. The number of benzene rings is 1. The van der Waals surface area contributed by atoms with Gasteiger partial charge in [-0.3, -0.25) is 4.90 Å². The summed E-state index contributed by atoms with van der Waals surface area (Å²) in [5.74, 6) is 0. The summed E-state index contributed by atoms with van der Waals surface area (Å²) >= 11 is 0. The average molecular weight is 320 g/mol. The van der Waals surface area contributed by atoms with Gasteiger partial charge in [0.2, 0.25) is 0 Å². The van der Waals surface area contributed by atoms with E-state index in [-0.39, 0.29) is 12.1 Å². The summed E-state index contributed by atoms with van der Waals surface area (Å²) in [4.78, 5) is 16.2. The molecule has 5 nitrogen and oxygen atoms in total. The molecule has 1 saturated heterocycles. The van der Waals surface area contributed by atoms with Crippen LogP contribution in [0.4, 0.5) is 4.79 Å². The second kappa shape index (κ2) is 7.32. The molecule has 1 heterocycles. The zero-order valence-corrected chi connectivity index (χ0v) is 14.5. The van der Waals surface area contributed by atoms with Crippen LogP contribution in [-0.4, -0.2) is 58.8 Å². The quantitative estimate of drug-likeness (QED) is 0.930. The highest BCUT2D eigenvalue weighted by atomic mass is 16.6. The average Bonchev–Trinajstić information content (AvgIpc) is 2.46. The minimum absolute atomic E-state index is 0.0709. The van der Waals surface area contributed by atoms with E-state index < -0.39 is 11.7 Å². The monoisotopic (exact) mass is 320 g/mol. The minimum Gasteiger partial charge on any atom is -0.444 e. The molecular formula is C18H28N2O3. The first-order valence-electron chi connectivity index (χ1n) is 8.21. The van der Waals surface area contributed by atoms with Crippen LogP contribution in [0.2, 0.25) is 0 Å². The predicted octanol–water partition coefficient (Wildman–Crippen LogP) is 2.66. The topological polar surface area (TPSA) is 53.0 Å². The van der Waals surface area contributed by atoms with Crippen molar-refractivity contribution >= 4 is 6.09 Å². The molecular weight excluding hydrogens is 292 g/mol. The van der Waals surface area contributed by atoms with Gasteiger partial charge in [-0.25, -0.2) is 4.79 Å². The molecule has 1 N–H and O–H groups in total. The molecule has 0 radical (unpaired) electrons. The number of amides is 1. The van der Waals surface area contributed by atoms with Crippen LogP contribution in [0.3, 0.4) is 0 Å². The molecule has 1 amide bonds. The second-order valence-electron chi connectivity index (χ2n) is 7.21. The number of nitrogens with zero attached hydrogens (tertiary/aromatic N) is 2. The number of ether oxygens (including phenoxy) is 1. The molecule has 0 aromatic heterocycles. The lowest BCUT2D eigenvalue weighted by molar-refractivity contribution is -0.00421. The molecule has 2 unspecified atom stereocenters. The molecule has 1 aromatic carbocycles. The molecule has 1 aliphatic heterocycles. The van der Waals surface area contributed by atoms with Gasteiger partial charge < -0.3 is 14.7 Å².